The van der Waals surface area contributed by atoms with Crippen molar-refractivity contribution >= 4 is 11.8 Å². The smallest absolute Gasteiger partial charge is 0.416 e. The fraction of sp³-hybridized carbons (Fsp3) is 0.550. The minimum absolute atomic E-state index is 0.0351. The van der Waals surface area contributed by atoms with Crippen LogP contribution in [0, 0.1) is 0 Å². The number of thioether (sulfide) groups is 1. The summed E-state index contributed by atoms with van der Waals surface area (Å²) in [5.41, 5.74) is 2.63. The molecule has 2 rings (SSSR count). The Balaban J connectivity index is 1.99. The molecule has 0 aliphatic rings. The monoisotopic (exact) mass is 363 g/mol. The summed E-state index contributed by atoms with van der Waals surface area (Å²) >= 11 is 1.68. The predicted octanol–water partition coefficient (Wildman–Crippen LogP) is 4.88. The van der Waals surface area contributed by atoms with Crippen LogP contribution in [0.5, 0.6) is 5.75 Å². The molecule has 0 atom stereocenters. The van der Waals surface area contributed by atoms with Crippen molar-refractivity contribution in [2.75, 3.05) is 12.4 Å². The molecule has 25 heavy (non-hydrogen) atoms. The molecule has 0 aliphatic heterocycles. The van der Waals surface area contributed by atoms with E-state index in [1.807, 2.05) is 0 Å². The van der Waals surface area contributed by atoms with Crippen LogP contribution in [0.1, 0.15) is 58.4 Å². The first kappa shape index (κ1) is 19.7. The topological polar surface area (TPSA) is 55.2 Å². The van der Waals surface area contributed by atoms with Gasteiger partial charge in [0.1, 0.15) is 11.5 Å². The molecule has 0 fully saturated rings. The third-order valence-electron chi connectivity index (χ3n) is 3.96. The molecule has 0 saturated carbocycles. The highest BCUT2D eigenvalue weighted by Gasteiger charge is 2.22. The fourth-order valence-corrected chi connectivity index (χ4v) is 3.19. The highest BCUT2D eigenvalue weighted by Crippen LogP contribution is 2.35. The van der Waals surface area contributed by atoms with E-state index in [0.29, 0.717) is 18.1 Å². The molecule has 1 aromatic heterocycles. The van der Waals surface area contributed by atoms with E-state index in [-0.39, 0.29) is 10.8 Å². The average molecular weight is 364 g/mol. The molecule has 1 aromatic carbocycles. The number of ether oxygens (including phenoxy) is 1. The number of hydrogen-bond donors (Lipinski definition) is 1. The van der Waals surface area contributed by atoms with Crippen LogP contribution in [-0.4, -0.2) is 17.3 Å². The Hall–Kier alpha value is -1.62. The maximum Gasteiger partial charge on any atom is 0.416 e. The van der Waals surface area contributed by atoms with Crippen molar-refractivity contribution in [3.05, 3.63) is 51.8 Å². The average Bonchev–Trinajstić information content (AvgIpc) is 2.90. The zero-order valence-electron chi connectivity index (χ0n) is 16.1. The lowest BCUT2D eigenvalue weighted by molar-refractivity contribution is 0.332. The van der Waals surface area contributed by atoms with E-state index in [9.17, 15) is 4.79 Å². The van der Waals surface area contributed by atoms with Crippen molar-refractivity contribution in [1.29, 1.82) is 0 Å². The van der Waals surface area contributed by atoms with Crippen LogP contribution in [0.2, 0.25) is 0 Å². The summed E-state index contributed by atoms with van der Waals surface area (Å²) in [7, 11) is 0. The van der Waals surface area contributed by atoms with Crippen LogP contribution < -0.4 is 10.5 Å². The fourth-order valence-electron chi connectivity index (χ4n) is 2.50. The molecule has 138 valence electrons. The zero-order valence-corrected chi connectivity index (χ0v) is 16.9. The lowest BCUT2D eigenvalue weighted by atomic mass is 9.81. The van der Waals surface area contributed by atoms with Gasteiger partial charge in [0, 0.05) is 11.9 Å². The number of hydrogen-bond acceptors (Lipinski definition) is 4. The van der Waals surface area contributed by atoms with Crippen molar-refractivity contribution in [1.82, 2.24) is 4.98 Å². The number of benzene rings is 1. The second kappa shape index (κ2) is 7.73. The van der Waals surface area contributed by atoms with Crippen LogP contribution in [0.4, 0.5) is 0 Å². The minimum Gasteiger partial charge on any atom is -0.492 e. The van der Waals surface area contributed by atoms with Gasteiger partial charge in [-0.15, -0.1) is 0 Å². The Morgan fingerprint density at radius 3 is 2.40 bits per heavy atom. The van der Waals surface area contributed by atoms with Crippen LogP contribution in [0.15, 0.2) is 33.6 Å². The first-order valence-electron chi connectivity index (χ1n) is 8.60. The van der Waals surface area contributed by atoms with Crippen LogP contribution in [-0.2, 0) is 16.6 Å². The molecular weight excluding hydrogens is 334 g/mol. The van der Waals surface area contributed by atoms with Crippen LogP contribution >= 0.6 is 11.8 Å². The maximum absolute atomic E-state index is 11.0. The maximum atomic E-state index is 11.0. The first-order valence-corrected chi connectivity index (χ1v) is 9.76. The van der Waals surface area contributed by atoms with E-state index >= 15 is 0 Å². The molecule has 0 bridgehead atoms. The molecule has 1 heterocycles. The van der Waals surface area contributed by atoms with Crippen molar-refractivity contribution < 1.29 is 9.15 Å². The molecular formula is C20H29NO3S. The third kappa shape index (κ3) is 5.70. The van der Waals surface area contributed by atoms with Crippen molar-refractivity contribution in [2.45, 2.75) is 58.1 Å². The van der Waals surface area contributed by atoms with Crippen LogP contribution in [0.3, 0.4) is 0 Å². The number of H-pyrrole nitrogens is 1. The van der Waals surface area contributed by atoms with E-state index < -0.39 is 5.76 Å². The number of rotatable bonds is 6. The van der Waals surface area contributed by atoms with Gasteiger partial charge >= 0.3 is 5.76 Å². The second-order valence-corrected chi connectivity index (χ2v) is 9.36. The van der Waals surface area contributed by atoms with Crippen molar-refractivity contribution in [2.24, 2.45) is 0 Å². The van der Waals surface area contributed by atoms with Gasteiger partial charge in [0.2, 0.25) is 0 Å². The molecule has 0 unspecified atom stereocenters. The highest BCUT2D eigenvalue weighted by molar-refractivity contribution is 7.98. The molecule has 0 spiro atoms. The van der Waals surface area contributed by atoms with Gasteiger partial charge in [-0.3, -0.25) is 4.98 Å². The van der Waals surface area contributed by atoms with Gasteiger partial charge in [0.25, 0.3) is 0 Å². The SMILES string of the molecule is CC(C)(C)c1ccc(C(C)(C)C)c(OCCSCc2c[nH]c(=O)o2)c1. The van der Waals surface area contributed by atoms with E-state index in [2.05, 4.69) is 64.7 Å². The number of aromatic nitrogens is 1. The lowest BCUT2D eigenvalue weighted by Gasteiger charge is -2.26. The van der Waals surface area contributed by atoms with Gasteiger partial charge in [0.05, 0.1) is 12.4 Å². The summed E-state index contributed by atoms with van der Waals surface area (Å²) in [6, 6.07) is 6.57. The molecule has 0 amide bonds. The third-order valence-corrected chi connectivity index (χ3v) is 4.90. The first-order chi connectivity index (χ1) is 11.6. The lowest BCUT2D eigenvalue weighted by Crippen LogP contribution is -2.17. The Bertz CT molecular complexity index is 747. The van der Waals surface area contributed by atoms with Gasteiger partial charge in [-0.25, -0.2) is 4.79 Å². The van der Waals surface area contributed by atoms with E-state index in [4.69, 9.17) is 9.15 Å². The summed E-state index contributed by atoms with van der Waals surface area (Å²) in [4.78, 5) is 13.5. The van der Waals surface area contributed by atoms with E-state index in [1.54, 1.807) is 18.0 Å². The number of nitrogens with one attached hydrogen (secondary N) is 1. The Kier molecular flexibility index (Phi) is 6.09. The minimum atomic E-state index is -0.402. The molecule has 2 aromatic rings. The zero-order chi connectivity index (χ0) is 18.7. The normalized spacial score (nSPS) is 12.4. The van der Waals surface area contributed by atoms with Crippen molar-refractivity contribution in [3.63, 3.8) is 0 Å². The molecule has 0 saturated heterocycles. The summed E-state index contributed by atoms with van der Waals surface area (Å²) in [6.07, 6.45) is 1.61. The molecule has 1 N–H and O–H groups in total. The molecule has 0 aliphatic carbocycles. The van der Waals surface area contributed by atoms with Crippen molar-refractivity contribution in [3.8, 4) is 5.75 Å². The summed E-state index contributed by atoms with van der Waals surface area (Å²) in [5, 5.41) is 0. The van der Waals surface area contributed by atoms with E-state index in [1.165, 1.54) is 11.1 Å². The van der Waals surface area contributed by atoms with E-state index in [0.717, 1.165) is 11.5 Å². The molecule has 0 radical (unpaired) electrons. The Morgan fingerprint density at radius 2 is 1.84 bits per heavy atom. The largest absolute Gasteiger partial charge is 0.492 e. The van der Waals surface area contributed by atoms with Gasteiger partial charge in [-0.2, -0.15) is 11.8 Å². The summed E-state index contributed by atoms with van der Waals surface area (Å²) in [6.45, 7) is 13.9. The number of aromatic amines is 1. The van der Waals surface area contributed by atoms with Gasteiger partial charge in [0.15, 0.2) is 0 Å². The van der Waals surface area contributed by atoms with Gasteiger partial charge in [-0.05, 0) is 28.0 Å². The second-order valence-electron chi connectivity index (χ2n) is 8.26. The summed E-state index contributed by atoms with van der Waals surface area (Å²) < 4.78 is 11.1. The number of oxazole rings is 1. The van der Waals surface area contributed by atoms with Gasteiger partial charge in [-0.1, -0.05) is 53.7 Å². The summed E-state index contributed by atoms with van der Waals surface area (Å²) in [5.74, 6) is 2.73. The highest BCUT2D eigenvalue weighted by atomic mass is 32.2. The Labute approximate surface area is 154 Å². The Morgan fingerprint density at radius 1 is 1.12 bits per heavy atom. The quantitative estimate of drug-likeness (QED) is 0.744. The van der Waals surface area contributed by atoms with Crippen LogP contribution in [0.25, 0.3) is 0 Å². The predicted molar refractivity (Wildman–Crippen MR) is 105 cm³/mol. The molecule has 4 nitrogen and oxygen atoms in total. The standard InChI is InChI=1S/C20H29NO3S/c1-19(2,3)14-7-8-16(20(4,5)6)17(11-14)23-9-10-25-13-15-12-21-18(22)24-15/h7-8,11-12H,9-10,13H2,1-6H3,(H,21,22). The molecule has 5 heteroatoms. The van der Waals surface area contributed by atoms with Gasteiger partial charge < -0.3 is 9.15 Å².